The maximum atomic E-state index is 12.3. The number of nitrogens with one attached hydrogen (secondary N) is 1. The Morgan fingerprint density at radius 1 is 1.07 bits per heavy atom. The molecule has 28 heavy (non-hydrogen) atoms. The predicted octanol–water partition coefficient (Wildman–Crippen LogP) is 3.01. The zero-order valence-corrected chi connectivity index (χ0v) is 16.6. The van der Waals surface area contributed by atoms with E-state index < -0.39 is 0 Å². The number of fused-ring (bicyclic) bond motifs is 1. The van der Waals surface area contributed by atoms with Gasteiger partial charge in [0, 0.05) is 18.9 Å². The summed E-state index contributed by atoms with van der Waals surface area (Å²) in [5, 5.41) is 3.03. The Kier molecular flexibility index (Phi) is 6.63. The largest absolute Gasteiger partial charge is 0.493 e. The van der Waals surface area contributed by atoms with Crippen molar-refractivity contribution in [2.45, 2.75) is 19.3 Å². The van der Waals surface area contributed by atoms with Crippen molar-refractivity contribution in [1.82, 2.24) is 5.32 Å². The number of amides is 1. The van der Waals surface area contributed by atoms with Gasteiger partial charge in [0.05, 0.1) is 27.9 Å². The fraction of sp³-hybridized carbons (Fsp3) is 0.409. The maximum absolute atomic E-state index is 12.3. The fourth-order valence-electron chi connectivity index (χ4n) is 3.48. The average molecular weight is 385 g/mol. The second kappa shape index (κ2) is 9.35. The molecule has 150 valence electrons. The van der Waals surface area contributed by atoms with Crippen molar-refractivity contribution in [3.63, 3.8) is 0 Å². The highest BCUT2D eigenvalue weighted by molar-refractivity contribution is 5.76. The van der Waals surface area contributed by atoms with Crippen LogP contribution in [0.1, 0.15) is 17.5 Å². The van der Waals surface area contributed by atoms with E-state index >= 15 is 0 Å². The molecule has 0 saturated heterocycles. The van der Waals surface area contributed by atoms with Gasteiger partial charge in [0.25, 0.3) is 0 Å². The molecule has 1 heterocycles. The van der Waals surface area contributed by atoms with Gasteiger partial charge >= 0.3 is 0 Å². The minimum absolute atomic E-state index is 0.00990. The molecule has 1 aliphatic rings. The van der Waals surface area contributed by atoms with Crippen LogP contribution >= 0.6 is 0 Å². The van der Waals surface area contributed by atoms with Gasteiger partial charge in [-0.05, 0) is 36.1 Å². The van der Waals surface area contributed by atoms with Gasteiger partial charge in [-0.1, -0.05) is 24.3 Å². The SMILES string of the molecule is COc1ccc(CCC(=O)NCC2COc3ccccc3C2)c(OC)c1OC. The zero-order chi connectivity index (χ0) is 19.9. The third-order valence-corrected chi connectivity index (χ3v) is 4.95. The molecule has 0 spiro atoms. The Morgan fingerprint density at radius 3 is 2.61 bits per heavy atom. The second-order valence-electron chi connectivity index (χ2n) is 6.79. The third kappa shape index (κ3) is 4.50. The van der Waals surface area contributed by atoms with E-state index in [-0.39, 0.29) is 11.8 Å². The number of hydrogen-bond donors (Lipinski definition) is 1. The molecule has 6 heteroatoms. The predicted molar refractivity (Wildman–Crippen MR) is 107 cm³/mol. The van der Waals surface area contributed by atoms with Crippen molar-refractivity contribution in [3.05, 3.63) is 47.5 Å². The van der Waals surface area contributed by atoms with E-state index in [0.717, 1.165) is 17.7 Å². The number of ether oxygens (including phenoxy) is 4. The molecule has 1 unspecified atom stereocenters. The van der Waals surface area contributed by atoms with Crippen LogP contribution in [0.15, 0.2) is 36.4 Å². The molecule has 3 rings (SSSR count). The molecule has 1 atom stereocenters. The zero-order valence-electron chi connectivity index (χ0n) is 16.6. The van der Waals surface area contributed by atoms with Gasteiger partial charge in [0.2, 0.25) is 11.7 Å². The second-order valence-corrected chi connectivity index (χ2v) is 6.79. The van der Waals surface area contributed by atoms with Crippen LogP contribution in [0.2, 0.25) is 0 Å². The van der Waals surface area contributed by atoms with E-state index in [2.05, 4.69) is 11.4 Å². The summed E-state index contributed by atoms with van der Waals surface area (Å²) in [5.74, 6) is 2.99. The van der Waals surface area contributed by atoms with Crippen molar-refractivity contribution in [2.75, 3.05) is 34.5 Å². The van der Waals surface area contributed by atoms with E-state index in [1.54, 1.807) is 21.3 Å². The van der Waals surface area contributed by atoms with E-state index in [4.69, 9.17) is 18.9 Å². The van der Waals surface area contributed by atoms with E-state index in [1.165, 1.54) is 5.56 Å². The lowest BCUT2D eigenvalue weighted by molar-refractivity contribution is -0.121. The van der Waals surface area contributed by atoms with Crippen molar-refractivity contribution >= 4 is 5.91 Å². The first-order valence-corrected chi connectivity index (χ1v) is 9.41. The van der Waals surface area contributed by atoms with Crippen LogP contribution in [0, 0.1) is 5.92 Å². The molecule has 0 saturated carbocycles. The van der Waals surface area contributed by atoms with Gasteiger partial charge in [-0.25, -0.2) is 0 Å². The summed E-state index contributed by atoms with van der Waals surface area (Å²) >= 11 is 0. The molecule has 0 bridgehead atoms. The standard InChI is InChI=1S/C22H27NO5/c1-25-19-10-8-16(21(26-2)22(19)27-3)9-11-20(24)23-13-15-12-17-6-4-5-7-18(17)28-14-15/h4-8,10,15H,9,11-14H2,1-3H3,(H,23,24). The van der Waals surface area contributed by atoms with Gasteiger partial charge in [0.15, 0.2) is 11.5 Å². The molecular weight excluding hydrogens is 358 g/mol. The van der Waals surface area contributed by atoms with Gasteiger partial charge in [0.1, 0.15) is 5.75 Å². The molecule has 0 aromatic heterocycles. The molecule has 0 radical (unpaired) electrons. The van der Waals surface area contributed by atoms with Crippen molar-refractivity contribution in [3.8, 4) is 23.0 Å². The Bertz CT molecular complexity index is 821. The van der Waals surface area contributed by atoms with Gasteiger partial charge in [-0.2, -0.15) is 0 Å². The molecule has 1 aliphatic heterocycles. The average Bonchev–Trinajstić information content (AvgIpc) is 2.75. The summed E-state index contributed by atoms with van der Waals surface area (Å²) in [7, 11) is 4.74. The summed E-state index contributed by atoms with van der Waals surface area (Å²) in [4.78, 5) is 12.3. The number of carbonyl (C=O) groups excluding carboxylic acids is 1. The van der Waals surface area contributed by atoms with E-state index in [0.29, 0.717) is 43.2 Å². The number of aryl methyl sites for hydroxylation is 1. The van der Waals surface area contributed by atoms with Crippen LogP contribution in [0.5, 0.6) is 23.0 Å². The van der Waals surface area contributed by atoms with Crippen LogP contribution in [0.25, 0.3) is 0 Å². The topological polar surface area (TPSA) is 66.0 Å². The van der Waals surface area contributed by atoms with Gasteiger partial charge < -0.3 is 24.3 Å². The minimum atomic E-state index is 0.00990. The Labute approximate surface area is 165 Å². The third-order valence-electron chi connectivity index (χ3n) is 4.95. The highest BCUT2D eigenvalue weighted by Gasteiger charge is 2.20. The van der Waals surface area contributed by atoms with Crippen LogP contribution in [0.3, 0.4) is 0 Å². The molecule has 1 amide bonds. The van der Waals surface area contributed by atoms with Crippen LogP contribution in [-0.2, 0) is 17.6 Å². The van der Waals surface area contributed by atoms with Crippen molar-refractivity contribution in [2.24, 2.45) is 5.92 Å². The fourth-order valence-corrected chi connectivity index (χ4v) is 3.48. The minimum Gasteiger partial charge on any atom is -0.493 e. The van der Waals surface area contributed by atoms with Crippen LogP contribution in [-0.4, -0.2) is 40.4 Å². The first-order valence-electron chi connectivity index (χ1n) is 9.41. The number of methoxy groups -OCH3 is 3. The number of carbonyl (C=O) groups is 1. The molecule has 1 N–H and O–H groups in total. The number of para-hydroxylation sites is 1. The van der Waals surface area contributed by atoms with Gasteiger partial charge in [-0.15, -0.1) is 0 Å². The summed E-state index contributed by atoms with van der Waals surface area (Å²) in [6.45, 7) is 1.23. The Hall–Kier alpha value is -2.89. The first kappa shape index (κ1) is 19.9. The number of rotatable bonds is 8. The van der Waals surface area contributed by atoms with Crippen LogP contribution < -0.4 is 24.3 Å². The summed E-state index contributed by atoms with van der Waals surface area (Å²) in [5.41, 5.74) is 2.10. The van der Waals surface area contributed by atoms with Crippen molar-refractivity contribution < 1.29 is 23.7 Å². The molecular formula is C22H27NO5. The molecule has 2 aromatic rings. The molecule has 2 aromatic carbocycles. The summed E-state index contributed by atoms with van der Waals surface area (Å²) < 4.78 is 21.9. The molecule has 6 nitrogen and oxygen atoms in total. The Balaban J connectivity index is 1.52. The lowest BCUT2D eigenvalue weighted by Gasteiger charge is -2.25. The molecule has 0 fully saturated rings. The highest BCUT2D eigenvalue weighted by Crippen LogP contribution is 2.40. The monoisotopic (exact) mass is 385 g/mol. The van der Waals surface area contributed by atoms with Crippen LogP contribution in [0.4, 0.5) is 0 Å². The maximum Gasteiger partial charge on any atom is 0.220 e. The number of benzene rings is 2. The lowest BCUT2D eigenvalue weighted by atomic mass is 9.96. The van der Waals surface area contributed by atoms with Gasteiger partial charge in [-0.3, -0.25) is 4.79 Å². The smallest absolute Gasteiger partial charge is 0.220 e. The number of hydrogen-bond acceptors (Lipinski definition) is 5. The summed E-state index contributed by atoms with van der Waals surface area (Å²) in [6.07, 6.45) is 1.84. The first-order chi connectivity index (χ1) is 13.7. The van der Waals surface area contributed by atoms with E-state index in [1.807, 2.05) is 30.3 Å². The van der Waals surface area contributed by atoms with Crippen molar-refractivity contribution in [1.29, 1.82) is 0 Å². The van der Waals surface area contributed by atoms with E-state index in [9.17, 15) is 4.79 Å². The summed E-state index contributed by atoms with van der Waals surface area (Å²) in [6, 6.07) is 11.8. The Morgan fingerprint density at radius 2 is 1.86 bits per heavy atom. The normalized spacial score (nSPS) is 15.2. The molecule has 0 aliphatic carbocycles. The highest BCUT2D eigenvalue weighted by atomic mass is 16.5. The quantitative estimate of drug-likeness (QED) is 0.757. The lowest BCUT2D eigenvalue weighted by Crippen LogP contribution is -2.34.